The fourth-order valence-electron chi connectivity index (χ4n) is 4.74. The highest BCUT2D eigenvalue weighted by Gasteiger charge is 2.45. The second kappa shape index (κ2) is 10.5. The summed E-state index contributed by atoms with van der Waals surface area (Å²) in [6.45, 7) is 2.16. The van der Waals surface area contributed by atoms with Gasteiger partial charge in [0, 0.05) is 24.6 Å². The molecule has 0 aliphatic heterocycles. The average molecular weight is 464 g/mol. The molecule has 3 nitrogen and oxygen atoms in total. The van der Waals surface area contributed by atoms with E-state index in [9.17, 15) is 18.4 Å². The molecule has 1 amide bonds. The van der Waals surface area contributed by atoms with Gasteiger partial charge in [-0.3, -0.25) is 9.59 Å². The normalized spacial score (nSPS) is 17.6. The molecule has 1 aliphatic carbocycles. The number of aryl methyl sites for hydroxylation is 1. The van der Waals surface area contributed by atoms with E-state index in [-0.39, 0.29) is 25.2 Å². The number of carbonyl (C=O) groups is 2. The molecule has 3 aromatic carbocycles. The van der Waals surface area contributed by atoms with Gasteiger partial charge in [0.05, 0.1) is 6.42 Å². The summed E-state index contributed by atoms with van der Waals surface area (Å²) in [6.07, 6.45) is 3.77. The van der Waals surface area contributed by atoms with Crippen LogP contribution in [0.15, 0.2) is 66.7 Å². The maximum absolute atomic E-state index is 13.9. The molecule has 1 saturated carbocycles. The third-order valence-corrected chi connectivity index (χ3v) is 6.71. The molecule has 0 heterocycles. The number of benzene rings is 3. The molecule has 0 N–H and O–H groups in total. The fraction of sp³-hybridized carbons (Fsp3) is 0.379. The molecular weight excluding hydrogens is 432 g/mol. The van der Waals surface area contributed by atoms with Gasteiger partial charge in [-0.2, -0.15) is 8.78 Å². The Morgan fingerprint density at radius 1 is 0.971 bits per heavy atom. The first-order chi connectivity index (χ1) is 16.4. The maximum Gasteiger partial charge on any atom is 0.305 e. The monoisotopic (exact) mass is 463 g/mol. The van der Waals surface area contributed by atoms with Gasteiger partial charge in [0.1, 0.15) is 0 Å². The molecule has 0 spiro atoms. The molecule has 34 heavy (non-hydrogen) atoms. The highest BCUT2D eigenvalue weighted by molar-refractivity contribution is 5.98. The number of ketones is 1. The highest BCUT2D eigenvalue weighted by Crippen LogP contribution is 2.35. The van der Waals surface area contributed by atoms with E-state index in [0.29, 0.717) is 5.69 Å². The van der Waals surface area contributed by atoms with Gasteiger partial charge in [-0.25, -0.2) is 0 Å². The Bertz CT molecular complexity index is 1160. The molecule has 1 fully saturated rings. The first-order valence-corrected chi connectivity index (χ1v) is 12.2. The molecule has 5 heteroatoms. The highest BCUT2D eigenvalue weighted by atomic mass is 19.3. The predicted octanol–water partition coefficient (Wildman–Crippen LogP) is 6.91. The summed E-state index contributed by atoms with van der Waals surface area (Å²) in [6, 6.07) is 21.0. The van der Waals surface area contributed by atoms with Crippen LogP contribution in [-0.2, 0) is 22.4 Å². The van der Waals surface area contributed by atoms with Crippen LogP contribution in [0.5, 0.6) is 0 Å². The lowest BCUT2D eigenvalue weighted by Crippen LogP contribution is -2.49. The predicted molar refractivity (Wildman–Crippen MR) is 132 cm³/mol. The summed E-state index contributed by atoms with van der Waals surface area (Å²) in [5.74, 6) is -4.56. The van der Waals surface area contributed by atoms with Crippen molar-refractivity contribution in [2.75, 3.05) is 4.90 Å². The zero-order valence-electron chi connectivity index (χ0n) is 19.6. The largest absolute Gasteiger partial charge is 0.309 e. The number of unbranched alkanes of at least 4 members (excludes halogenated alkanes) is 2. The maximum atomic E-state index is 13.9. The lowest BCUT2D eigenvalue weighted by Gasteiger charge is -2.36. The molecule has 0 aromatic heterocycles. The molecule has 1 atom stereocenters. The van der Waals surface area contributed by atoms with E-state index in [1.807, 2.05) is 66.7 Å². The van der Waals surface area contributed by atoms with E-state index >= 15 is 0 Å². The Kier molecular flexibility index (Phi) is 7.40. The number of carbonyl (C=O) groups excluding carboxylic acids is 2. The van der Waals surface area contributed by atoms with Crippen molar-refractivity contribution in [1.82, 2.24) is 0 Å². The molecule has 178 valence electrons. The number of hydrogen-bond acceptors (Lipinski definition) is 2. The van der Waals surface area contributed by atoms with E-state index in [4.69, 9.17) is 0 Å². The van der Waals surface area contributed by atoms with E-state index < -0.39 is 24.2 Å². The van der Waals surface area contributed by atoms with Crippen molar-refractivity contribution in [2.24, 2.45) is 0 Å². The number of Topliss-reactive ketones (excluding diaryl/α,β-unsaturated/α-hetero) is 1. The summed E-state index contributed by atoms with van der Waals surface area (Å²) in [4.78, 5) is 27.2. The van der Waals surface area contributed by atoms with Crippen molar-refractivity contribution < 1.29 is 18.4 Å². The zero-order valence-corrected chi connectivity index (χ0v) is 19.6. The standard InChI is InChI=1S/C29H31F2NO2/c1-2-3-4-7-21-11-14-25(15-12-21)32(26-16-17-29(30,31)27(33)20-26)28(34)19-22-10-13-23-8-5-6-9-24(23)18-22/h5-6,8-15,18,26H,2-4,7,16-17,19-20H2,1H3/t26-/m0/s1. The van der Waals surface area contributed by atoms with Gasteiger partial charge in [0.2, 0.25) is 11.7 Å². The van der Waals surface area contributed by atoms with Crippen LogP contribution >= 0.6 is 0 Å². The van der Waals surface area contributed by atoms with Crippen molar-refractivity contribution in [3.8, 4) is 0 Å². The number of amides is 1. The van der Waals surface area contributed by atoms with Crippen molar-refractivity contribution in [2.45, 2.75) is 70.3 Å². The van der Waals surface area contributed by atoms with Crippen LogP contribution < -0.4 is 4.90 Å². The van der Waals surface area contributed by atoms with Gasteiger partial charge in [-0.05, 0) is 53.3 Å². The van der Waals surface area contributed by atoms with E-state index in [1.54, 1.807) is 4.90 Å². The summed E-state index contributed by atoms with van der Waals surface area (Å²) < 4.78 is 27.8. The minimum atomic E-state index is -3.30. The summed E-state index contributed by atoms with van der Waals surface area (Å²) in [5, 5.41) is 2.14. The van der Waals surface area contributed by atoms with Crippen LogP contribution in [0.1, 0.15) is 56.6 Å². The number of alkyl halides is 2. The van der Waals surface area contributed by atoms with Gasteiger partial charge in [0.15, 0.2) is 0 Å². The number of fused-ring (bicyclic) bond motifs is 1. The molecule has 3 aromatic rings. The summed E-state index contributed by atoms with van der Waals surface area (Å²) in [7, 11) is 0. The van der Waals surface area contributed by atoms with Crippen LogP contribution in [-0.4, -0.2) is 23.7 Å². The van der Waals surface area contributed by atoms with Crippen molar-refractivity contribution in [3.63, 3.8) is 0 Å². The third kappa shape index (κ3) is 5.52. The number of nitrogens with zero attached hydrogens (tertiary/aromatic N) is 1. The Balaban J connectivity index is 1.58. The zero-order chi connectivity index (χ0) is 24.1. The Hall–Kier alpha value is -3.08. The van der Waals surface area contributed by atoms with Gasteiger partial charge >= 0.3 is 5.92 Å². The van der Waals surface area contributed by atoms with Crippen LogP contribution in [0.4, 0.5) is 14.5 Å². The fourth-order valence-corrected chi connectivity index (χ4v) is 4.74. The first-order valence-electron chi connectivity index (χ1n) is 12.2. The van der Waals surface area contributed by atoms with E-state index in [1.165, 1.54) is 5.56 Å². The molecule has 0 bridgehead atoms. The summed E-state index contributed by atoms with van der Waals surface area (Å²) >= 11 is 0. The molecule has 0 saturated heterocycles. The minimum absolute atomic E-state index is 0.0977. The van der Waals surface area contributed by atoms with Crippen molar-refractivity contribution in [1.29, 1.82) is 0 Å². The first kappa shape index (κ1) is 24.1. The Morgan fingerprint density at radius 2 is 1.68 bits per heavy atom. The molecule has 0 unspecified atom stereocenters. The number of rotatable bonds is 8. The Morgan fingerprint density at radius 3 is 2.38 bits per heavy atom. The molecular formula is C29H31F2NO2. The summed E-state index contributed by atoms with van der Waals surface area (Å²) in [5.41, 5.74) is 2.70. The van der Waals surface area contributed by atoms with Gasteiger partial charge in [0.25, 0.3) is 0 Å². The second-order valence-corrected chi connectivity index (χ2v) is 9.27. The SMILES string of the molecule is CCCCCc1ccc(N(C(=O)Cc2ccc3ccccc3c2)[C@H]2CCC(F)(F)C(=O)C2)cc1. The van der Waals surface area contributed by atoms with Crippen molar-refractivity contribution >= 4 is 28.2 Å². The van der Waals surface area contributed by atoms with Crippen LogP contribution in [0.2, 0.25) is 0 Å². The van der Waals surface area contributed by atoms with Crippen LogP contribution in [0.25, 0.3) is 10.8 Å². The third-order valence-electron chi connectivity index (χ3n) is 6.71. The van der Waals surface area contributed by atoms with Crippen molar-refractivity contribution in [3.05, 3.63) is 77.9 Å². The number of anilines is 1. The molecule has 0 radical (unpaired) electrons. The smallest absolute Gasteiger partial charge is 0.305 e. The minimum Gasteiger partial charge on any atom is -0.309 e. The van der Waals surface area contributed by atoms with Gasteiger partial charge in [-0.1, -0.05) is 74.4 Å². The van der Waals surface area contributed by atoms with Gasteiger partial charge < -0.3 is 4.90 Å². The van der Waals surface area contributed by atoms with Crippen LogP contribution in [0.3, 0.4) is 0 Å². The topological polar surface area (TPSA) is 37.4 Å². The van der Waals surface area contributed by atoms with E-state index in [2.05, 4.69) is 6.92 Å². The second-order valence-electron chi connectivity index (χ2n) is 9.27. The van der Waals surface area contributed by atoms with Gasteiger partial charge in [-0.15, -0.1) is 0 Å². The quantitative estimate of drug-likeness (QED) is 0.341. The molecule has 1 aliphatic rings. The lowest BCUT2D eigenvalue weighted by atomic mass is 9.89. The molecule has 4 rings (SSSR count). The van der Waals surface area contributed by atoms with Crippen LogP contribution in [0, 0.1) is 0 Å². The Labute approximate surface area is 199 Å². The number of halogens is 2. The lowest BCUT2D eigenvalue weighted by molar-refractivity contribution is -0.148. The average Bonchev–Trinajstić information content (AvgIpc) is 2.83. The van der Waals surface area contributed by atoms with E-state index in [0.717, 1.165) is 42.0 Å². The number of hydrogen-bond donors (Lipinski definition) is 0.